The van der Waals surface area contributed by atoms with E-state index in [2.05, 4.69) is 4.98 Å². The molecule has 4 heterocycles. The Morgan fingerprint density at radius 2 is 2.00 bits per heavy atom. The number of anilines is 1. The topological polar surface area (TPSA) is 71.0 Å². The average molecular weight is 414 g/mol. The molecule has 10 heteroatoms. The Bertz CT molecular complexity index is 1020. The SMILES string of the molecule is O=C(O)C1CCN(c2nc3c(C(F)(F)F)cc(-c4ccoc4)cn3c2Cl)CC1. The van der Waals surface area contributed by atoms with E-state index in [0.29, 0.717) is 37.1 Å². The van der Waals surface area contributed by atoms with Crippen molar-refractivity contribution in [3.63, 3.8) is 0 Å². The highest BCUT2D eigenvalue weighted by Crippen LogP contribution is 2.39. The molecule has 1 aliphatic rings. The van der Waals surface area contributed by atoms with Crippen molar-refractivity contribution in [1.29, 1.82) is 0 Å². The summed E-state index contributed by atoms with van der Waals surface area (Å²) in [6.07, 6.45) is 0.351. The smallest absolute Gasteiger partial charge is 0.420 e. The molecule has 28 heavy (non-hydrogen) atoms. The summed E-state index contributed by atoms with van der Waals surface area (Å²) in [5.41, 5.74) is -0.412. The summed E-state index contributed by atoms with van der Waals surface area (Å²) >= 11 is 6.40. The Morgan fingerprint density at radius 3 is 2.57 bits per heavy atom. The van der Waals surface area contributed by atoms with Gasteiger partial charge in [-0.2, -0.15) is 13.2 Å². The number of aliphatic carboxylic acids is 1. The second-order valence-corrected chi connectivity index (χ2v) is 7.03. The van der Waals surface area contributed by atoms with Gasteiger partial charge in [-0.1, -0.05) is 11.6 Å². The summed E-state index contributed by atoms with van der Waals surface area (Å²) in [6, 6.07) is 2.58. The molecule has 148 valence electrons. The van der Waals surface area contributed by atoms with E-state index >= 15 is 0 Å². The number of pyridine rings is 1. The molecular weight excluding hydrogens is 399 g/mol. The van der Waals surface area contributed by atoms with Gasteiger partial charge in [-0.3, -0.25) is 9.20 Å². The van der Waals surface area contributed by atoms with Gasteiger partial charge < -0.3 is 14.4 Å². The number of hydrogen-bond acceptors (Lipinski definition) is 4. The molecule has 0 spiro atoms. The molecule has 4 rings (SSSR count). The molecule has 1 saturated heterocycles. The number of piperidine rings is 1. The molecule has 0 atom stereocenters. The van der Waals surface area contributed by atoms with Crippen LogP contribution in [0.25, 0.3) is 16.8 Å². The van der Waals surface area contributed by atoms with Gasteiger partial charge in [0, 0.05) is 30.4 Å². The van der Waals surface area contributed by atoms with E-state index in [4.69, 9.17) is 21.1 Å². The van der Waals surface area contributed by atoms with Crippen LogP contribution < -0.4 is 4.90 Å². The van der Waals surface area contributed by atoms with Crippen molar-refractivity contribution in [3.05, 3.63) is 41.6 Å². The number of nitrogens with zero attached hydrogens (tertiary/aromatic N) is 3. The fourth-order valence-corrected chi connectivity index (χ4v) is 3.73. The summed E-state index contributed by atoms with van der Waals surface area (Å²) < 4.78 is 47.2. The standard InChI is InChI=1S/C18H15ClF3N3O3/c19-14-16(24-4-1-10(2-5-24)17(26)27)23-15-13(18(20,21)22)7-12(8-25(14)15)11-3-6-28-9-11/h3,6-10H,1-2,4-5H2,(H,26,27). The van der Waals surface area contributed by atoms with Gasteiger partial charge in [-0.15, -0.1) is 0 Å². The molecule has 3 aromatic rings. The Balaban J connectivity index is 1.80. The van der Waals surface area contributed by atoms with Gasteiger partial charge in [-0.25, -0.2) is 4.98 Å². The first-order valence-corrected chi connectivity index (χ1v) is 8.92. The van der Waals surface area contributed by atoms with Gasteiger partial charge in [0.25, 0.3) is 0 Å². The molecule has 0 amide bonds. The van der Waals surface area contributed by atoms with Crippen molar-refractivity contribution < 1.29 is 27.5 Å². The maximum atomic E-state index is 13.7. The number of hydrogen-bond donors (Lipinski definition) is 1. The summed E-state index contributed by atoms with van der Waals surface area (Å²) in [5.74, 6) is -1.12. The zero-order chi connectivity index (χ0) is 20.1. The van der Waals surface area contributed by atoms with E-state index in [1.807, 2.05) is 0 Å². The Hall–Kier alpha value is -2.68. The van der Waals surface area contributed by atoms with Crippen LogP contribution in [0, 0.1) is 5.92 Å². The summed E-state index contributed by atoms with van der Waals surface area (Å²) in [4.78, 5) is 17.0. The van der Waals surface area contributed by atoms with Gasteiger partial charge in [0.05, 0.1) is 24.0 Å². The summed E-state index contributed by atoms with van der Waals surface area (Å²) in [5, 5.41) is 9.17. The highest BCUT2D eigenvalue weighted by molar-refractivity contribution is 6.32. The van der Waals surface area contributed by atoms with Crippen molar-refractivity contribution in [1.82, 2.24) is 9.38 Å². The molecule has 0 saturated carbocycles. The van der Waals surface area contributed by atoms with Crippen LogP contribution in [-0.2, 0) is 11.0 Å². The number of fused-ring (bicyclic) bond motifs is 1. The molecule has 1 aliphatic heterocycles. The first-order valence-electron chi connectivity index (χ1n) is 8.55. The Morgan fingerprint density at radius 1 is 1.29 bits per heavy atom. The monoisotopic (exact) mass is 413 g/mol. The fourth-order valence-electron chi connectivity index (χ4n) is 3.44. The minimum atomic E-state index is -4.62. The number of carboxylic acids is 1. The fraction of sp³-hybridized carbons (Fsp3) is 0.333. The number of imidazole rings is 1. The van der Waals surface area contributed by atoms with E-state index in [1.54, 1.807) is 11.0 Å². The van der Waals surface area contributed by atoms with Gasteiger partial charge >= 0.3 is 12.1 Å². The molecule has 0 aliphatic carbocycles. The van der Waals surface area contributed by atoms with Gasteiger partial charge in [-0.05, 0) is 25.0 Å². The molecule has 0 unspecified atom stereocenters. The number of halogens is 4. The summed E-state index contributed by atoms with van der Waals surface area (Å²) in [7, 11) is 0. The lowest BCUT2D eigenvalue weighted by Gasteiger charge is -2.30. The van der Waals surface area contributed by atoms with Crippen molar-refractivity contribution in [3.8, 4) is 11.1 Å². The van der Waals surface area contributed by atoms with Crippen LogP contribution >= 0.6 is 11.6 Å². The first-order chi connectivity index (χ1) is 13.3. The van der Waals surface area contributed by atoms with Crippen LogP contribution in [0.15, 0.2) is 35.3 Å². The van der Waals surface area contributed by atoms with E-state index < -0.39 is 23.6 Å². The third-order valence-electron chi connectivity index (χ3n) is 4.95. The zero-order valence-corrected chi connectivity index (χ0v) is 15.2. The molecule has 0 radical (unpaired) electrons. The third kappa shape index (κ3) is 3.19. The largest absolute Gasteiger partial charge is 0.481 e. The van der Waals surface area contributed by atoms with E-state index in [0.717, 1.165) is 6.07 Å². The zero-order valence-electron chi connectivity index (χ0n) is 14.4. The van der Waals surface area contributed by atoms with Crippen molar-refractivity contribution in [2.24, 2.45) is 5.92 Å². The maximum absolute atomic E-state index is 13.7. The molecule has 1 N–H and O–H groups in total. The van der Waals surface area contributed by atoms with Crippen LogP contribution in [0.5, 0.6) is 0 Å². The minimum absolute atomic E-state index is 0.0552. The number of carbonyl (C=O) groups is 1. The molecular formula is C18H15ClF3N3O3. The van der Waals surface area contributed by atoms with E-state index in [1.165, 1.54) is 23.1 Å². The van der Waals surface area contributed by atoms with Crippen LogP contribution in [0.4, 0.5) is 19.0 Å². The molecule has 6 nitrogen and oxygen atoms in total. The van der Waals surface area contributed by atoms with Crippen molar-refractivity contribution in [2.45, 2.75) is 19.0 Å². The van der Waals surface area contributed by atoms with Crippen LogP contribution in [0.2, 0.25) is 5.15 Å². The Kier molecular flexibility index (Phi) is 4.49. The lowest BCUT2D eigenvalue weighted by molar-refractivity contribution is -0.142. The van der Waals surface area contributed by atoms with Crippen molar-refractivity contribution in [2.75, 3.05) is 18.0 Å². The predicted octanol–water partition coefficient (Wildman–Crippen LogP) is 4.57. The number of alkyl halides is 3. The second-order valence-electron chi connectivity index (χ2n) is 6.67. The van der Waals surface area contributed by atoms with Gasteiger partial charge in [0.15, 0.2) is 16.6 Å². The lowest BCUT2D eigenvalue weighted by Crippen LogP contribution is -2.36. The molecule has 0 bridgehead atoms. The number of carboxylic acid groups (broad SMARTS) is 1. The first kappa shape index (κ1) is 18.7. The summed E-state index contributed by atoms with van der Waals surface area (Å²) in [6.45, 7) is 0.715. The van der Waals surface area contributed by atoms with E-state index in [9.17, 15) is 18.0 Å². The van der Waals surface area contributed by atoms with Gasteiger partial charge in [0.2, 0.25) is 0 Å². The van der Waals surface area contributed by atoms with E-state index in [-0.39, 0.29) is 16.6 Å². The minimum Gasteiger partial charge on any atom is -0.481 e. The Labute approximate surface area is 162 Å². The molecule has 3 aromatic heterocycles. The molecule has 0 aromatic carbocycles. The second kappa shape index (κ2) is 6.73. The number of aromatic nitrogens is 2. The van der Waals surface area contributed by atoms with Crippen LogP contribution in [0.3, 0.4) is 0 Å². The lowest BCUT2D eigenvalue weighted by atomic mass is 9.97. The third-order valence-corrected chi connectivity index (χ3v) is 5.30. The van der Waals surface area contributed by atoms with Crippen molar-refractivity contribution >= 4 is 29.0 Å². The average Bonchev–Trinajstić information content (AvgIpc) is 3.29. The number of rotatable bonds is 3. The van der Waals surface area contributed by atoms with Gasteiger partial charge in [0.1, 0.15) is 0 Å². The quantitative estimate of drug-likeness (QED) is 0.681. The normalized spacial score (nSPS) is 16.1. The highest BCUT2D eigenvalue weighted by atomic mass is 35.5. The molecule has 1 fully saturated rings. The maximum Gasteiger partial charge on any atom is 0.420 e. The van der Waals surface area contributed by atoms with Crippen LogP contribution in [-0.4, -0.2) is 33.6 Å². The number of furan rings is 1. The van der Waals surface area contributed by atoms with Crippen LogP contribution in [0.1, 0.15) is 18.4 Å². The highest BCUT2D eigenvalue weighted by Gasteiger charge is 2.36. The predicted molar refractivity (Wildman–Crippen MR) is 95.5 cm³/mol.